The van der Waals surface area contributed by atoms with Crippen molar-refractivity contribution in [1.82, 2.24) is 19.9 Å². The monoisotopic (exact) mass is 493 g/mol. The van der Waals surface area contributed by atoms with Crippen molar-refractivity contribution < 1.29 is 14.7 Å². The van der Waals surface area contributed by atoms with Gasteiger partial charge in [0.05, 0.1) is 23.6 Å². The van der Waals surface area contributed by atoms with Crippen LogP contribution in [0.15, 0.2) is 54.6 Å². The van der Waals surface area contributed by atoms with Crippen LogP contribution in [0.1, 0.15) is 63.0 Å². The van der Waals surface area contributed by atoms with Crippen LogP contribution >= 0.6 is 0 Å². The Bertz CT molecular complexity index is 1570. The first-order valence-electron chi connectivity index (χ1n) is 12.3. The summed E-state index contributed by atoms with van der Waals surface area (Å²) in [6.07, 6.45) is 0.657. The van der Waals surface area contributed by atoms with Crippen LogP contribution in [0.3, 0.4) is 0 Å². The molecule has 1 aromatic heterocycles. The highest BCUT2D eigenvalue weighted by molar-refractivity contribution is 5.94. The summed E-state index contributed by atoms with van der Waals surface area (Å²) < 4.78 is 1.83. The predicted molar refractivity (Wildman–Crippen MR) is 138 cm³/mol. The number of amides is 1. The molecule has 3 aromatic carbocycles. The number of carbonyl (C=O) groups excluding carboxylic acids is 1. The number of aliphatic carboxylic acids is 1. The molecule has 1 aliphatic heterocycles. The van der Waals surface area contributed by atoms with Crippen LogP contribution in [0, 0.1) is 18.3 Å². The second-order valence-electron chi connectivity index (χ2n) is 9.40. The Morgan fingerprint density at radius 2 is 1.97 bits per heavy atom. The Morgan fingerprint density at radius 3 is 2.73 bits per heavy atom. The summed E-state index contributed by atoms with van der Waals surface area (Å²) in [6, 6.07) is 18.9. The Morgan fingerprint density at radius 1 is 1.14 bits per heavy atom. The summed E-state index contributed by atoms with van der Waals surface area (Å²) in [5.41, 5.74) is 7.56. The first-order chi connectivity index (χ1) is 17.9. The van der Waals surface area contributed by atoms with E-state index >= 15 is 0 Å². The van der Waals surface area contributed by atoms with Gasteiger partial charge >= 0.3 is 5.97 Å². The Balaban J connectivity index is 1.49. The van der Waals surface area contributed by atoms with E-state index in [1.54, 1.807) is 29.2 Å². The van der Waals surface area contributed by atoms with Crippen molar-refractivity contribution in [3.8, 4) is 6.07 Å². The summed E-state index contributed by atoms with van der Waals surface area (Å²) in [7, 11) is 0. The summed E-state index contributed by atoms with van der Waals surface area (Å²) in [6.45, 7) is 5.70. The molecule has 8 heteroatoms. The fourth-order valence-corrected chi connectivity index (χ4v) is 5.25. The van der Waals surface area contributed by atoms with Gasteiger partial charge in [-0.2, -0.15) is 5.26 Å². The van der Waals surface area contributed by atoms with E-state index in [2.05, 4.69) is 22.4 Å². The molecule has 1 N–H and O–H groups in total. The number of nitriles is 1. The van der Waals surface area contributed by atoms with Gasteiger partial charge in [-0.1, -0.05) is 35.5 Å². The number of nitrogens with zero attached hydrogens (tertiary/aromatic N) is 5. The quantitative estimate of drug-likeness (QED) is 0.425. The van der Waals surface area contributed by atoms with Gasteiger partial charge < -0.3 is 10.0 Å². The van der Waals surface area contributed by atoms with Gasteiger partial charge in [-0.25, -0.2) is 4.68 Å². The van der Waals surface area contributed by atoms with Crippen molar-refractivity contribution in [1.29, 1.82) is 5.26 Å². The molecule has 37 heavy (non-hydrogen) atoms. The molecule has 186 valence electrons. The lowest BCUT2D eigenvalue weighted by atomic mass is 9.83. The van der Waals surface area contributed by atoms with Gasteiger partial charge in [0.15, 0.2) is 0 Å². The molecule has 0 spiro atoms. The maximum atomic E-state index is 13.2. The molecule has 0 aliphatic carbocycles. The zero-order chi connectivity index (χ0) is 26.1. The van der Waals surface area contributed by atoms with E-state index in [9.17, 15) is 20.0 Å². The molecular weight excluding hydrogens is 466 g/mol. The van der Waals surface area contributed by atoms with E-state index in [0.717, 1.165) is 38.9 Å². The topological polar surface area (TPSA) is 112 Å². The molecule has 1 unspecified atom stereocenters. The molecule has 0 radical (unpaired) electrons. The lowest BCUT2D eigenvalue weighted by molar-refractivity contribution is -0.137. The molecule has 1 aliphatic rings. The van der Waals surface area contributed by atoms with E-state index in [1.165, 1.54) is 0 Å². The molecule has 0 fully saturated rings. The lowest BCUT2D eigenvalue weighted by Crippen LogP contribution is -2.36. The number of aromatic nitrogens is 3. The van der Waals surface area contributed by atoms with Gasteiger partial charge in [0, 0.05) is 31.1 Å². The molecule has 2 heterocycles. The van der Waals surface area contributed by atoms with Crippen molar-refractivity contribution >= 4 is 22.9 Å². The largest absolute Gasteiger partial charge is 0.481 e. The van der Waals surface area contributed by atoms with E-state index in [-0.39, 0.29) is 18.2 Å². The van der Waals surface area contributed by atoms with Gasteiger partial charge in [-0.05, 0) is 72.4 Å². The second kappa shape index (κ2) is 9.86. The predicted octanol–water partition coefficient (Wildman–Crippen LogP) is 4.44. The van der Waals surface area contributed by atoms with Crippen molar-refractivity contribution in [3.05, 3.63) is 93.5 Å². The highest BCUT2D eigenvalue weighted by atomic mass is 16.4. The molecule has 0 saturated heterocycles. The second-order valence-corrected chi connectivity index (χ2v) is 9.40. The SMILES string of the molecule is CCn1nnc2c(C)c(C(CC(=O)O)c3ccc4c(c3)CN(C(=O)c3cccc(C#N)c3)CC4)ccc21. The molecule has 0 bridgehead atoms. The van der Waals surface area contributed by atoms with E-state index in [1.807, 2.05) is 42.8 Å². The van der Waals surface area contributed by atoms with Crippen molar-refractivity contribution in [3.63, 3.8) is 0 Å². The first kappa shape index (κ1) is 24.2. The fraction of sp³-hybridized carbons (Fsp3) is 0.276. The molecule has 5 rings (SSSR count). The summed E-state index contributed by atoms with van der Waals surface area (Å²) in [4.78, 5) is 26.9. The Hall–Kier alpha value is -4.51. The number of fused-ring (bicyclic) bond motifs is 2. The Labute approximate surface area is 214 Å². The van der Waals surface area contributed by atoms with Gasteiger partial charge in [0.2, 0.25) is 0 Å². The molecule has 1 amide bonds. The van der Waals surface area contributed by atoms with E-state index in [0.29, 0.717) is 37.2 Å². The van der Waals surface area contributed by atoms with E-state index in [4.69, 9.17) is 0 Å². The number of carboxylic acids is 1. The van der Waals surface area contributed by atoms with Crippen LogP contribution in [-0.4, -0.2) is 43.4 Å². The number of hydrogen-bond acceptors (Lipinski definition) is 5. The molecular formula is C29H27N5O3. The van der Waals surface area contributed by atoms with Gasteiger partial charge in [-0.15, -0.1) is 5.10 Å². The zero-order valence-corrected chi connectivity index (χ0v) is 20.8. The van der Waals surface area contributed by atoms with Crippen LogP contribution in [0.2, 0.25) is 0 Å². The number of benzene rings is 3. The number of aryl methyl sites for hydroxylation is 2. The third kappa shape index (κ3) is 4.56. The van der Waals surface area contributed by atoms with Gasteiger partial charge in [0.25, 0.3) is 5.91 Å². The van der Waals surface area contributed by atoms with Crippen molar-refractivity contribution in [2.24, 2.45) is 0 Å². The first-order valence-corrected chi connectivity index (χ1v) is 12.3. The molecule has 4 aromatic rings. The highest BCUT2D eigenvalue weighted by Gasteiger charge is 2.26. The number of carboxylic acid groups (broad SMARTS) is 1. The van der Waals surface area contributed by atoms with E-state index < -0.39 is 5.97 Å². The summed E-state index contributed by atoms with van der Waals surface area (Å²) in [5.74, 6) is -1.36. The minimum Gasteiger partial charge on any atom is -0.481 e. The van der Waals surface area contributed by atoms with Crippen molar-refractivity contribution in [2.45, 2.75) is 45.7 Å². The minimum absolute atomic E-state index is 0.0589. The van der Waals surface area contributed by atoms with Gasteiger partial charge in [0.1, 0.15) is 5.52 Å². The zero-order valence-electron chi connectivity index (χ0n) is 20.8. The van der Waals surface area contributed by atoms with Crippen LogP contribution in [0.25, 0.3) is 11.0 Å². The van der Waals surface area contributed by atoms with Crippen LogP contribution in [0.5, 0.6) is 0 Å². The fourth-order valence-electron chi connectivity index (χ4n) is 5.25. The van der Waals surface area contributed by atoms with Crippen LogP contribution in [0.4, 0.5) is 0 Å². The average Bonchev–Trinajstić information content (AvgIpc) is 3.35. The number of hydrogen-bond donors (Lipinski definition) is 1. The maximum absolute atomic E-state index is 13.2. The third-order valence-corrected chi connectivity index (χ3v) is 7.21. The lowest BCUT2D eigenvalue weighted by Gasteiger charge is -2.30. The maximum Gasteiger partial charge on any atom is 0.304 e. The molecule has 8 nitrogen and oxygen atoms in total. The Kier molecular flexibility index (Phi) is 6.45. The van der Waals surface area contributed by atoms with Gasteiger partial charge in [-0.3, -0.25) is 9.59 Å². The summed E-state index contributed by atoms with van der Waals surface area (Å²) in [5, 5.41) is 27.5. The summed E-state index contributed by atoms with van der Waals surface area (Å²) >= 11 is 0. The van der Waals surface area contributed by atoms with Crippen LogP contribution < -0.4 is 0 Å². The average molecular weight is 494 g/mol. The third-order valence-electron chi connectivity index (χ3n) is 7.21. The standard InChI is InChI=1S/C29H27N5O3/c1-3-34-26-10-9-24(18(2)28(26)31-32-34)25(15-27(35)36)21-8-7-20-11-12-33(17-23(20)14-21)29(37)22-6-4-5-19(13-22)16-30/h4-10,13-14,25H,3,11-12,15,17H2,1-2H3,(H,35,36). The highest BCUT2D eigenvalue weighted by Crippen LogP contribution is 2.35. The normalized spacial score (nSPS) is 13.7. The molecule has 0 saturated carbocycles. The number of rotatable bonds is 6. The van der Waals surface area contributed by atoms with Crippen LogP contribution in [-0.2, 0) is 24.3 Å². The minimum atomic E-state index is -0.881. The number of carbonyl (C=O) groups is 2. The molecule has 1 atom stereocenters. The smallest absolute Gasteiger partial charge is 0.304 e. The van der Waals surface area contributed by atoms with Crippen molar-refractivity contribution in [2.75, 3.05) is 6.54 Å².